The molecular weight excluding hydrogens is 272 g/mol. The predicted octanol–water partition coefficient (Wildman–Crippen LogP) is 2.05. The van der Waals surface area contributed by atoms with Gasteiger partial charge in [0, 0.05) is 7.05 Å². The van der Waals surface area contributed by atoms with Gasteiger partial charge in [0.25, 0.3) is 0 Å². The van der Waals surface area contributed by atoms with Gasteiger partial charge in [-0.1, -0.05) is 0 Å². The molecule has 4 nitrogen and oxygen atoms in total. The van der Waals surface area contributed by atoms with E-state index in [1.165, 1.54) is 0 Å². The quantitative estimate of drug-likeness (QED) is 0.872. The summed E-state index contributed by atoms with van der Waals surface area (Å²) >= 11 is 1.70. The molecule has 0 aliphatic heterocycles. The molecule has 2 N–H and O–H groups in total. The number of thioether (sulfide) groups is 1. The van der Waals surface area contributed by atoms with Crippen molar-refractivity contribution in [3.63, 3.8) is 0 Å². The van der Waals surface area contributed by atoms with E-state index in [-0.39, 0.29) is 18.3 Å². The molecule has 0 saturated heterocycles. The van der Waals surface area contributed by atoms with Crippen molar-refractivity contribution < 1.29 is 9.21 Å². The topological polar surface area (TPSA) is 59.5 Å². The lowest BCUT2D eigenvalue weighted by Gasteiger charge is -2.20. The minimum atomic E-state index is -0.413. The van der Waals surface area contributed by atoms with Gasteiger partial charge in [-0.25, -0.2) is 0 Å². The summed E-state index contributed by atoms with van der Waals surface area (Å²) in [5.74, 6) is 2.51. The van der Waals surface area contributed by atoms with Crippen molar-refractivity contribution in [2.45, 2.75) is 25.9 Å². The minimum absolute atomic E-state index is 0. The van der Waals surface area contributed by atoms with Crippen LogP contribution in [0.2, 0.25) is 0 Å². The fourth-order valence-electron chi connectivity index (χ4n) is 1.53. The van der Waals surface area contributed by atoms with Crippen LogP contribution in [0.1, 0.15) is 17.9 Å². The van der Waals surface area contributed by atoms with Crippen molar-refractivity contribution in [2.24, 2.45) is 5.73 Å². The van der Waals surface area contributed by atoms with E-state index in [9.17, 15) is 4.79 Å². The number of hydrogen-bond acceptors (Lipinski definition) is 4. The SMILES string of the molecule is CSCC[C@H](N)C(=O)N(C)Cc1ccc(C)o1.Cl. The molecular formula is C12H21ClN2O2S. The van der Waals surface area contributed by atoms with Crippen molar-refractivity contribution in [1.29, 1.82) is 0 Å². The summed E-state index contributed by atoms with van der Waals surface area (Å²) < 4.78 is 5.43. The first-order valence-corrected chi connectivity index (χ1v) is 6.98. The van der Waals surface area contributed by atoms with Gasteiger partial charge in [-0.05, 0) is 37.5 Å². The number of aryl methyl sites for hydroxylation is 1. The summed E-state index contributed by atoms with van der Waals surface area (Å²) in [7, 11) is 1.75. The molecule has 6 heteroatoms. The molecule has 18 heavy (non-hydrogen) atoms. The van der Waals surface area contributed by atoms with Crippen LogP contribution in [-0.2, 0) is 11.3 Å². The van der Waals surface area contributed by atoms with Gasteiger partial charge in [0.2, 0.25) is 5.91 Å². The van der Waals surface area contributed by atoms with Crippen LogP contribution < -0.4 is 5.73 Å². The van der Waals surface area contributed by atoms with Crippen LogP contribution in [0.4, 0.5) is 0 Å². The number of likely N-dealkylation sites (N-methyl/N-ethyl adjacent to an activating group) is 1. The second-order valence-electron chi connectivity index (χ2n) is 4.09. The monoisotopic (exact) mass is 292 g/mol. The number of furan rings is 1. The fourth-order valence-corrected chi connectivity index (χ4v) is 2.02. The Hall–Kier alpha value is -0.650. The largest absolute Gasteiger partial charge is 0.464 e. The summed E-state index contributed by atoms with van der Waals surface area (Å²) in [5.41, 5.74) is 5.83. The third kappa shape index (κ3) is 5.33. The Bertz CT molecular complexity index is 371. The number of carbonyl (C=O) groups is 1. The van der Waals surface area contributed by atoms with Gasteiger partial charge in [-0.2, -0.15) is 11.8 Å². The molecule has 0 unspecified atom stereocenters. The number of nitrogens with two attached hydrogens (primary N) is 1. The third-order valence-corrected chi connectivity index (χ3v) is 3.16. The van der Waals surface area contributed by atoms with Crippen LogP contribution in [0.15, 0.2) is 16.5 Å². The summed E-state index contributed by atoms with van der Waals surface area (Å²) in [5, 5.41) is 0. The van der Waals surface area contributed by atoms with E-state index in [0.29, 0.717) is 13.0 Å². The average molecular weight is 293 g/mol. The van der Waals surface area contributed by atoms with E-state index >= 15 is 0 Å². The van der Waals surface area contributed by atoms with E-state index in [1.54, 1.807) is 23.7 Å². The van der Waals surface area contributed by atoms with Crippen LogP contribution in [0, 0.1) is 6.92 Å². The highest BCUT2D eigenvalue weighted by Crippen LogP contribution is 2.10. The summed E-state index contributed by atoms with van der Waals surface area (Å²) in [6.45, 7) is 2.36. The molecule has 1 atom stereocenters. The van der Waals surface area contributed by atoms with Crippen LogP contribution >= 0.6 is 24.2 Å². The van der Waals surface area contributed by atoms with E-state index in [1.807, 2.05) is 25.3 Å². The zero-order valence-electron chi connectivity index (χ0n) is 11.0. The number of nitrogens with zero attached hydrogens (tertiary/aromatic N) is 1. The molecule has 0 aliphatic rings. The van der Waals surface area contributed by atoms with Gasteiger partial charge in [-0.15, -0.1) is 12.4 Å². The highest BCUT2D eigenvalue weighted by atomic mass is 35.5. The zero-order valence-corrected chi connectivity index (χ0v) is 12.6. The van der Waals surface area contributed by atoms with Crippen LogP contribution in [0.3, 0.4) is 0 Å². The van der Waals surface area contributed by atoms with E-state index < -0.39 is 6.04 Å². The molecule has 1 rings (SSSR count). The Morgan fingerprint density at radius 3 is 2.72 bits per heavy atom. The first-order valence-electron chi connectivity index (χ1n) is 5.59. The first kappa shape index (κ1) is 17.4. The molecule has 0 aliphatic carbocycles. The predicted molar refractivity (Wildman–Crippen MR) is 78.1 cm³/mol. The molecule has 0 bridgehead atoms. The number of hydrogen-bond donors (Lipinski definition) is 1. The number of halogens is 1. The van der Waals surface area contributed by atoms with Crippen LogP contribution in [-0.4, -0.2) is 35.9 Å². The Kier molecular flexibility index (Phi) is 8.15. The number of rotatable bonds is 6. The van der Waals surface area contributed by atoms with Crippen LogP contribution in [0.25, 0.3) is 0 Å². The van der Waals surface area contributed by atoms with E-state index in [0.717, 1.165) is 17.3 Å². The van der Waals surface area contributed by atoms with Gasteiger partial charge < -0.3 is 15.1 Å². The van der Waals surface area contributed by atoms with Crippen LogP contribution in [0.5, 0.6) is 0 Å². The average Bonchev–Trinajstić information content (AvgIpc) is 2.70. The molecule has 0 aromatic carbocycles. The maximum atomic E-state index is 11.9. The van der Waals surface area contributed by atoms with Gasteiger partial charge in [0.1, 0.15) is 11.5 Å². The number of carbonyl (C=O) groups excluding carboxylic acids is 1. The van der Waals surface area contributed by atoms with Crippen molar-refractivity contribution in [3.8, 4) is 0 Å². The molecule has 0 fully saturated rings. The van der Waals surface area contributed by atoms with E-state index in [4.69, 9.17) is 10.2 Å². The van der Waals surface area contributed by atoms with E-state index in [2.05, 4.69) is 0 Å². The lowest BCUT2D eigenvalue weighted by atomic mass is 10.2. The Balaban J connectivity index is 0.00000289. The fraction of sp³-hybridized carbons (Fsp3) is 0.583. The van der Waals surface area contributed by atoms with Crippen molar-refractivity contribution >= 4 is 30.1 Å². The smallest absolute Gasteiger partial charge is 0.239 e. The van der Waals surface area contributed by atoms with Gasteiger partial charge in [-0.3, -0.25) is 4.79 Å². The molecule has 1 aromatic heterocycles. The Morgan fingerprint density at radius 2 is 2.22 bits per heavy atom. The molecule has 1 aromatic rings. The third-order valence-electron chi connectivity index (χ3n) is 2.52. The molecule has 104 valence electrons. The highest BCUT2D eigenvalue weighted by Gasteiger charge is 2.18. The Labute approximate surface area is 119 Å². The molecule has 0 spiro atoms. The first-order chi connectivity index (χ1) is 8.04. The normalized spacial score (nSPS) is 11.8. The number of amides is 1. The van der Waals surface area contributed by atoms with Crippen molar-refractivity contribution in [1.82, 2.24) is 4.90 Å². The lowest BCUT2D eigenvalue weighted by Crippen LogP contribution is -2.41. The lowest BCUT2D eigenvalue weighted by molar-refractivity contribution is -0.132. The van der Waals surface area contributed by atoms with Gasteiger partial charge in [0.05, 0.1) is 12.6 Å². The summed E-state index contributed by atoms with van der Waals surface area (Å²) in [6.07, 6.45) is 2.72. The maximum Gasteiger partial charge on any atom is 0.239 e. The molecule has 0 radical (unpaired) electrons. The maximum absolute atomic E-state index is 11.9. The van der Waals surface area contributed by atoms with Crippen molar-refractivity contribution in [2.75, 3.05) is 19.1 Å². The van der Waals surface area contributed by atoms with Gasteiger partial charge in [0.15, 0.2) is 0 Å². The zero-order chi connectivity index (χ0) is 12.8. The summed E-state index contributed by atoms with van der Waals surface area (Å²) in [4.78, 5) is 13.5. The molecule has 1 amide bonds. The standard InChI is InChI=1S/C12H20N2O2S.ClH/c1-9-4-5-10(16-9)8-14(2)12(15)11(13)6-7-17-3;/h4-5,11H,6-8,13H2,1-3H3;1H/t11-;/m0./s1. The van der Waals surface area contributed by atoms with Gasteiger partial charge >= 0.3 is 0 Å². The molecule has 1 heterocycles. The molecule has 0 saturated carbocycles. The Morgan fingerprint density at radius 1 is 1.56 bits per heavy atom. The second kappa shape index (κ2) is 8.45. The minimum Gasteiger partial charge on any atom is -0.464 e. The second-order valence-corrected chi connectivity index (χ2v) is 5.08. The van der Waals surface area contributed by atoms with Crippen molar-refractivity contribution in [3.05, 3.63) is 23.7 Å². The summed E-state index contributed by atoms with van der Waals surface area (Å²) in [6, 6.07) is 3.36. The highest BCUT2D eigenvalue weighted by molar-refractivity contribution is 7.98.